The molecule has 2 fully saturated rings. The third-order valence-electron chi connectivity index (χ3n) is 7.14. The average Bonchev–Trinajstić information content (AvgIpc) is 2.87. The first kappa shape index (κ1) is 25.6. The molecule has 35 heavy (non-hydrogen) atoms. The predicted octanol–water partition coefficient (Wildman–Crippen LogP) is 4.32. The van der Waals surface area contributed by atoms with Gasteiger partial charge in [0.25, 0.3) is 5.91 Å². The molecular formula is C27H35ClN4O3. The Balaban J connectivity index is 1.40. The number of carbonyl (C=O) groups is 2. The van der Waals surface area contributed by atoms with Crippen molar-refractivity contribution in [1.82, 2.24) is 14.8 Å². The van der Waals surface area contributed by atoms with Crippen molar-refractivity contribution in [2.24, 2.45) is 5.92 Å². The van der Waals surface area contributed by atoms with Crippen molar-refractivity contribution in [3.05, 3.63) is 57.9 Å². The van der Waals surface area contributed by atoms with Crippen LogP contribution in [-0.4, -0.2) is 65.5 Å². The molecule has 1 N–H and O–H groups in total. The summed E-state index contributed by atoms with van der Waals surface area (Å²) < 4.78 is 5.42. The molecule has 1 aromatic carbocycles. The fraction of sp³-hybridized carbons (Fsp3) is 0.519. The van der Waals surface area contributed by atoms with Crippen molar-refractivity contribution in [1.29, 1.82) is 0 Å². The molecule has 0 bridgehead atoms. The molecule has 2 saturated heterocycles. The quantitative estimate of drug-likeness (QED) is 0.642. The molecule has 0 aliphatic carbocycles. The molecule has 0 saturated carbocycles. The molecule has 2 amide bonds. The minimum atomic E-state index is -0.203. The number of ether oxygens (including phenoxy) is 1. The predicted molar refractivity (Wildman–Crippen MR) is 138 cm³/mol. The Hall–Kier alpha value is -2.48. The number of pyridine rings is 1. The number of halogens is 1. The molecule has 2 aliphatic rings. The van der Waals surface area contributed by atoms with Crippen LogP contribution in [-0.2, 0) is 22.5 Å². The van der Waals surface area contributed by atoms with Gasteiger partial charge in [0.2, 0.25) is 5.91 Å². The summed E-state index contributed by atoms with van der Waals surface area (Å²) in [6, 6.07) is 7.58. The molecule has 8 heteroatoms. The number of amides is 2. The highest BCUT2D eigenvalue weighted by molar-refractivity contribution is 6.31. The average molecular weight is 499 g/mol. The number of benzene rings is 1. The van der Waals surface area contributed by atoms with Crippen molar-refractivity contribution in [2.75, 3.05) is 38.2 Å². The molecule has 0 spiro atoms. The van der Waals surface area contributed by atoms with Gasteiger partial charge in [-0.2, -0.15) is 0 Å². The SMILES string of the molecule is CCc1ccc(C(=O)Nc2cc(Cl)cc(CN3CCN(C(=O)C4CCOCC4)C(C)C3)c2C)cn1. The van der Waals surface area contributed by atoms with Gasteiger partial charge in [0.15, 0.2) is 0 Å². The van der Waals surface area contributed by atoms with Gasteiger partial charge in [-0.3, -0.25) is 19.5 Å². The molecule has 188 valence electrons. The number of piperazine rings is 1. The van der Waals surface area contributed by atoms with E-state index in [1.165, 1.54) is 0 Å². The van der Waals surface area contributed by atoms with Crippen molar-refractivity contribution in [3.8, 4) is 0 Å². The number of anilines is 1. The Morgan fingerprint density at radius 1 is 1.20 bits per heavy atom. The lowest BCUT2D eigenvalue weighted by Crippen LogP contribution is -2.55. The van der Waals surface area contributed by atoms with Crippen molar-refractivity contribution in [3.63, 3.8) is 0 Å². The van der Waals surface area contributed by atoms with Gasteiger partial charge >= 0.3 is 0 Å². The Labute approximate surface area is 212 Å². The summed E-state index contributed by atoms with van der Waals surface area (Å²) in [6.45, 7) is 10.6. The van der Waals surface area contributed by atoms with Gasteiger partial charge in [0.05, 0.1) is 5.56 Å². The van der Waals surface area contributed by atoms with E-state index in [4.69, 9.17) is 16.3 Å². The molecule has 1 aromatic heterocycles. The van der Waals surface area contributed by atoms with Crippen molar-refractivity contribution < 1.29 is 14.3 Å². The third-order valence-corrected chi connectivity index (χ3v) is 7.35. The topological polar surface area (TPSA) is 74.8 Å². The van der Waals surface area contributed by atoms with Crippen LogP contribution in [0.4, 0.5) is 5.69 Å². The molecule has 1 atom stereocenters. The van der Waals surface area contributed by atoms with Gasteiger partial charge in [-0.15, -0.1) is 0 Å². The first-order chi connectivity index (χ1) is 16.9. The van der Waals surface area contributed by atoms with Gasteiger partial charge in [0.1, 0.15) is 0 Å². The molecule has 2 aliphatic heterocycles. The lowest BCUT2D eigenvalue weighted by molar-refractivity contribution is -0.143. The maximum Gasteiger partial charge on any atom is 0.257 e. The number of carbonyl (C=O) groups excluding carboxylic acids is 2. The van der Waals surface area contributed by atoms with E-state index in [2.05, 4.69) is 22.1 Å². The number of hydrogen-bond donors (Lipinski definition) is 1. The van der Waals surface area contributed by atoms with E-state index in [1.807, 2.05) is 30.9 Å². The van der Waals surface area contributed by atoms with Crippen LogP contribution < -0.4 is 5.32 Å². The Morgan fingerprint density at radius 2 is 1.97 bits per heavy atom. The van der Waals surface area contributed by atoms with E-state index < -0.39 is 0 Å². The number of aryl methyl sites for hydroxylation is 1. The smallest absolute Gasteiger partial charge is 0.257 e. The lowest BCUT2D eigenvalue weighted by atomic mass is 9.97. The fourth-order valence-electron chi connectivity index (χ4n) is 4.92. The number of hydrogen-bond acceptors (Lipinski definition) is 5. The number of nitrogens with zero attached hydrogens (tertiary/aromatic N) is 3. The van der Waals surface area contributed by atoms with Crippen molar-refractivity contribution in [2.45, 2.75) is 52.6 Å². The first-order valence-electron chi connectivity index (χ1n) is 12.5. The van der Waals surface area contributed by atoms with E-state index in [0.29, 0.717) is 36.0 Å². The molecule has 4 rings (SSSR count). The summed E-state index contributed by atoms with van der Waals surface area (Å²) in [7, 11) is 0. The second-order valence-corrected chi connectivity index (χ2v) is 10.0. The zero-order chi connectivity index (χ0) is 24.9. The zero-order valence-corrected chi connectivity index (χ0v) is 21.6. The van der Waals surface area contributed by atoms with Gasteiger partial charge in [-0.25, -0.2) is 0 Å². The van der Waals surface area contributed by atoms with Crippen LogP contribution in [0.5, 0.6) is 0 Å². The normalized spacial score (nSPS) is 19.5. The largest absolute Gasteiger partial charge is 0.381 e. The minimum Gasteiger partial charge on any atom is -0.381 e. The van der Waals surface area contributed by atoms with E-state index in [0.717, 1.165) is 55.7 Å². The van der Waals surface area contributed by atoms with Crippen LogP contribution in [0.15, 0.2) is 30.5 Å². The molecule has 7 nitrogen and oxygen atoms in total. The third kappa shape index (κ3) is 6.21. The summed E-state index contributed by atoms with van der Waals surface area (Å²) in [5, 5.41) is 3.59. The number of nitrogens with one attached hydrogen (secondary N) is 1. The summed E-state index contributed by atoms with van der Waals surface area (Å²) in [5.74, 6) is 0.156. The van der Waals surface area contributed by atoms with Crippen LogP contribution >= 0.6 is 11.6 Å². The Morgan fingerprint density at radius 3 is 2.63 bits per heavy atom. The summed E-state index contributed by atoms with van der Waals surface area (Å²) >= 11 is 6.44. The fourth-order valence-corrected chi connectivity index (χ4v) is 5.16. The van der Waals surface area contributed by atoms with E-state index in [9.17, 15) is 9.59 Å². The second-order valence-electron chi connectivity index (χ2n) is 9.59. The van der Waals surface area contributed by atoms with Crippen LogP contribution in [0.2, 0.25) is 5.02 Å². The molecule has 1 unspecified atom stereocenters. The standard InChI is InChI=1S/C27H35ClN4O3/c1-4-24-6-5-21(15-29-24)26(33)30-25-14-23(28)13-22(19(25)3)17-31-9-10-32(18(2)16-31)27(34)20-7-11-35-12-8-20/h5-6,13-15,18,20H,4,7-12,16-17H2,1-3H3,(H,30,33). The van der Waals surface area contributed by atoms with Crippen LogP contribution in [0.25, 0.3) is 0 Å². The summed E-state index contributed by atoms with van der Waals surface area (Å²) in [6.07, 6.45) is 4.08. The maximum atomic E-state index is 13.0. The van der Waals surface area contributed by atoms with Gasteiger partial charge < -0.3 is 15.0 Å². The molecular weight excluding hydrogens is 464 g/mol. The summed E-state index contributed by atoms with van der Waals surface area (Å²) in [5.41, 5.74) is 4.24. The molecule has 0 radical (unpaired) electrons. The summed E-state index contributed by atoms with van der Waals surface area (Å²) in [4.78, 5) is 34.5. The zero-order valence-electron chi connectivity index (χ0n) is 20.8. The van der Waals surface area contributed by atoms with E-state index in [1.54, 1.807) is 18.3 Å². The van der Waals surface area contributed by atoms with Gasteiger partial charge in [-0.1, -0.05) is 18.5 Å². The van der Waals surface area contributed by atoms with Crippen LogP contribution in [0, 0.1) is 12.8 Å². The monoisotopic (exact) mass is 498 g/mol. The highest BCUT2D eigenvalue weighted by Gasteiger charge is 2.32. The number of rotatable bonds is 6. The highest BCUT2D eigenvalue weighted by Crippen LogP contribution is 2.28. The first-order valence-corrected chi connectivity index (χ1v) is 12.9. The number of aromatic nitrogens is 1. The maximum absolute atomic E-state index is 13.0. The molecule has 2 aromatic rings. The van der Waals surface area contributed by atoms with Crippen LogP contribution in [0.3, 0.4) is 0 Å². The Kier molecular flexibility index (Phi) is 8.42. The second kappa shape index (κ2) is 11.5. The van der Waals surface area contributed by atoms with E-state index in [-0.39, 0.29) is 23.8 Å². The Bertz CT molecular complexity index is 1050. The highest BCUT2D eigenvalue weighted by atomic mass is 35.5. The minimum absolute atomic E-state index is 0.0902. The molecule has 3 heterocycles. The van der Waals surface area contributed by atoms with Gasteiger partial charge in [0, 0.05) is 74.0 Å². The van der Waals surface area contributed by atoms with Crippen LogP contribution in [0.1, 0.15) is 53.9 Å². The van der Waals surface area contributed by atoms with E-state index >= 15 is 0 Å². The van der Waals surface area contributed by atoms with Crippen molar-refractivity contribution >= 4 is 29.1 Å². The van der Waals surface area contributed by atoms with Gasteiger partial charge in [-0.05, 0) is 68.5 Å². The lowest BCUT2D eigenvalue weighted by Gasteiger charge is -2.42.